The highest BCUT2D eigenvalue weighted by Gasteiger charge is 2.15. The number of nitrogens with one attached hydrogen (secondary N) is 1. The lowest BCUT2D eigenvalue weighted by molar-refractivity contribution is -0.115. The lowest BCUT2D eigenvalue weighted by atomic mass is 10.2. The van der Waals surface area contributed by atoms with Gasteiger partial charge in [0.1, 0.15) is 0 Å². The van der Waals surface area contributed by atoms with Gasteiger partial charge in [-0.3, -0.25) is 4.79 Å². The molecule has 1 saturated heterocycles. The topological polar surface area (TPSA) is 32.3 Å². The first-order chi connectivity index (χ1) is 11.7. The molecule has 1 N–H and O–H groups in total. The van der Waals surface area contributed by atoms with E-state index in [4.69, 9.17) is 0 Å². The Morgan fingerprint density at radius 2 is 1.75 bits per heavy atom. The Morgan fingerprint density at radius 1 is 1.08 bits per heavy atom. The molecule has 0 aliphatic carbocycles. The number of anilines is 2. The highest BCUT2D eigenvalue weighted by Crippen LogP contribution is 2.23. The summed E-state index contributed by atoms with van der Waals surface area (Å²) in [6.07, 6.45) is 2.54. The summed E-state index contributed by atoms with van der Waals surface area (Å²) in [4.78, 5) is 14.7. The molecule has 2 aromatic rings. The van der Waals surface area contributed by atoms with Crippen molar-refractivity contribution in [2.45, 2.75) is 30.8 Å². The first-order valence-corrected chi connectivity index (χ1v) is 9.58. The summed E-state index contributed by atoms with van der Waals surface area (Å²) in [7, 11) is 0. The normalized spacial score (nSPS) is 15.3. The van der Waals surface area contributed by atoms with E-state index in [0.717, 1.165) is 24.5 Å². The number of thioether (sulfide) groups is 1. The van der Waals surface area contributed by atoms with E-state index >= 15 is 0 Å². The van der Waals surface area contributed by atoms with Crippen molar-refractivity contribution < 1.29 is 4.79 Å². The van der Waals surface area contributed by atoms with E-state index < -0.39 is 0 Å². The molecule has 0 unspecified atom stereocenters. The van der Waals surface area contributed by atoms with Crippen molar-refractivity contribution in [1.29, 1.82) is 0 Å². The average molecular weight is 340 g/mol. The van der Waals surface area contributed by atoms with Crippen LogP contribution < -0.4 is 10.2 Å². The van der Waals surface area contributed by atoms with Crippen LogP contribution in [0.3, 0.4) is 0 Å². The number of rotatable bonds is 6. The maximum Gasteiger partial charge on any atom is 0.237 e. The first-order valence-electron chi connectivity index (χ1n) is 8.54. The number of carbonyl (C=O) groups is 1. The van der Waals surface area contributed by atoms with Crippen molar-refractivity contribution in [2.75, 3.05) is 23.3 Å². The van der Waals surface area contributed by atoms with Crippen LogP contribution in [0.4, 0.5) is 11.4 Å². The molecule has 2 aromatic carbocycles. The molecule has 3 nitrogen and oxygen atoms in total. The number of carbonyl (C=O) groups excluding carboxylic acids is 1. The minimum Gasteiger partial charge on any atom is -0.372 e. The lowest BCUT2D eigenvalue weighted by Crippen LogP contribution is -2.22. The van der Waals surface area contributed by atoms with Gasteiger partial charge in [0.2, 0.25) is 5.91 Å². The Morgan fingerprint density at radius 3 is 2.42 bits per heavy atom. The zero-order valence-corrected chi connectivity index (χ0v) is 14.9. The maximum atomic E-state index is 12.3. The molecule has 3 rings (SSSR count). The molecule has 1 atom stereocenters. The van der Waals surface area contributed by atoms with E-state index in [1.54, 1.807) is 11.8 Å². The third kappa shape index (κ3) is 4.54. The Labute approximate surface area is 148 Å². The van der Waals surface area contributed by atoms with Gasteiger partial charge in [0.05, 0.1) is 5.25 Å². The zero-order chi connectivity index (χ0) is 16.8. The van der Waals surface area contributed by atoms with Gasteiger partial charge in [-0.15, -0.1) is 11.8 Å². The van der Waals surface area contributed by atoms with Crippen molar-refractivity contribution >= 4 is 29.0 Å². The number of nitrogens with zero attached hydrogens (tertiary/aromatic N) is 1. The SMILES string of the molecule is C[C@@H](SCc1ccccc1)C(=O)Nc1ccc(N2CCCC2)cc1. The van der Waals surface area contributed by atoms with Gasteiger partial charge in [-0.1, -0.05) is 30.3 Å². The van der Waals surface area contributed by atoms with Crippen molar-refractivity contribution in [3.63, 3.8) is 0 Å². The van der Waals surface area contributed by atoms with Crippen LogP contribution in [0.25, 0.3) is 0 Å². The highest BCUT2D eigenvalue weighted by molar-refractivity contribution is 7.99. The molecule has 0 radical (unpaired) electrons. The Kier molecular flexibility index (Phi) is 5.81. The maximum absolute atomic E-state index is 12.3. The summed E-state index contributed by atoms with van der Waals surface area (Å²) < 4.78 is 0. The Balaban J connectivity index is 1.50. The third-order valence-corrected chi connectivity index (χ3v) is 5.53. The predicted octanol–water partition coefficient (Wildman–Crippen LogP) is 4.55. The van der Waals surface area contributed by atoms with E-state index in [9.17, 15) is 4.79 Å². The molecule has 0 saturated carbocycles. The number of amides is 1. The van der Waals surface area contributed by atoms with E-state index in [1.807, 2.05) is 37.3 Å². The molecular weight excluding hydrogens is 316 g/mol. The third-order valence-electron chi connectivity index (χ3n) is 4.32. The zero-order valence-electron chi connectivity index (χ0n) is 14.1. The van der Waals surface area contributed by atoms with Crippen LogP contribution >= 0.6 is 11.8 Å². The molecule has 126 valence electrons. The summed E-state index contributed by atoms with van der Waals surface area (Å²) in [5.41, 5.74) is 3.37. The van der Waals surface area contributed by atoms with Gasteiger partial charge in [-0.05, 0) is 49.6 Å². The second kappa shape index (κ2) is 8.25. The molecule has 0 bridgehead atoms. The van der Waals surface area contributed by atoms with Gasteiger partial charge < -0.3 is 10.2 Å². The number of hydrogen-bond acceptors (Lipinski definition) is 3. The lowest BCUT2D eigenvalue weighted by Gasteiger charge is -2.18. The number of hydrogen-bond donors (Lipinski definition) is 1. The van der Waals surface area contributed by atoms with Gasteiger partial charge in [0.25, 0.3) is 0 Å². The molecular formula is C20H24N2OS. The molecule has 1 amide bonds. The summed E-state index contributed by atoms with van der Waals surface area (Å²) in [5.74, 6) is 0.911. The highest BCUT2D eigenvalue weighted by atomic mass is 32.2. The monoisotopic (exact) mass is 340 g/mol. The van der Waals surface area contributed by atoms with Gasteiger partial charge in [-0.2, -0.15) is 0 Å². The molecule has 1 aliphatic heterocycles. The molecule has 1 fully saturated rings. The fraction of sp³-hybridized carbons (Fsp3) is 0.350. The van der Waals surface area contributed by atoms with Crippen LogP contribution in [0.5, 0.6) is 0 Å². The average Bonchev–Trinajstić information content (AvgIpc) is 3.16. The minimum atomic E-state index is -0.0801. The van der Waals surface area contributed by atoms with Crippen molar-refractivity contribution in [3.8, 4) is 0 Å². The van der Waals surface area contributed by atoms with E-state index in [2.05, 4.69) is 34.5 Å². The summed E-state index contributed by atoms with van der Waals surface area (Å²) in [6.45, 7) is 4.24. The second-order valence-electron chi connectivity index (χ2n) is 6.17. The largest absolute Gasteiger partial charge is 0.372 e. The fourth-order valence-electron chi connectivity index (χ4n) is 2.85. The van der Waals surface area contributed by atoms with Gasteiger partial charge >= 0.3 is 0 Å². The van der Waals surface area contributed by atoms with Gasteiger partial charge in [0.15, 0.2) is 0 Å². The first kappa shape index (κ1) is 16.9. The van der Waals surface area contributed by atoms with Crippen LogP contribution in [0.15, 0.2) is 54.6 Å². The van der Waals surface area contributed by atoms with Gasteiger partial charge in [0, 0.05) is 30.2 Å². The van der Waals surface area contributed by atoms with Crippen LogP contribution in [0.2, 0.25) is 0 Å². The predicted molar refractivity (Wildman–Crippen MR) is 104 cm³/mol. The Hall–Kier alpha value is -1.94. The van der Waals surface area contributed by atoms with Crippen LogP contribution in [-0.2, 0) is 10.5 Å². The molecule has 1 aliphatic rings. The van der Waals surface area contributed by atoms with Crippen molar-refractivity contribution in [1.82, 2.24) is 0 Å². The quantitative estimate of drug-likeness (QED) is 0.837. The van der Waals surface area contributed by atoms with Crippen LogP contribution in [-0.4, -0.2) is 24.2 Å². The second-order valence-corrected chi connectivity index (χ2v) is 7.50. The van der Waals surface area contributed by atoms with E-state index in [1.165, 1.54) is 24.1 Å². The molecule has 0 aromatic heterocycles. The van der Waals surface area contributed by atoms with Gasteiger partial charge in [-0.25, -0.2) is 0 Å². The van der Waals surface area contributed by atoms with Crippen LogP contribution in [0, 0.1) is 0 Å². The molecule has 24 heavy (non-hydrogen) atoms. The molecule has 1 heterocycles. The minimum absolute atomic E-state index is 0.0600. The standard InChI is InChI=1S/C20H24N2OS/c1-16(24-15-17-7-3-2-4-8-17)20(23)21-18-9-11-19(12-10-18)22-13-5-6-14-22/h2-4,7-12,16H,5-6,13-15H2,1H3,(H,21,23)/t16-/m1/s1. The van der Waals surface area contributed by atoms with Crippen LogP contribution in [0.1, 0.15) is 25.3 Å². The number of benzene rings is 2. The van der Waals surface area contributed by atoms with Crippen molar-refractivity contribution in [2.24, 2.45) is 0 Å². The molecule has 4 heteroatoms. The summed E-state index contributed by atoms with van der Waals surface area (Å²) in [5, 5.41) is 2.94. The fourth-order valence-corrected chi connectivity index (χ4v) is 3.69. The smallest absolute Gasteiger partial charge is 0.237 e. The summed E-state index contributed by atoms with van der Waals surface area (Å²) >= 11 is 1.66. The Bertz CT molecular complexity index is 651. The van der Waals surface area contributed by atoms with E-state index in [0.29, 0.717) is 0 Å². The van der Waals surface area contributed by atoms with Crippen molar-refractivity contribution in [3.05, 3.63) is 60.2 Å². The summed E-state index contributed by atoms with van der Waals surface area (Å²) in [6, 6.07) is 18.5. The van der Waals surface area contributed by atoms with E-state index in [-0.39, 0.29) is 11.2 Å². The molecule has 0 spiro atoms.